The van der Waals surface area contributed by atoms with E-state index in [1.165, 1.54) is 45.2 Å². The van der Waals surface area contributed by atoms with Crippen molar-refractivity contribution in [1.29, 1.82) is 0 Å². The number of carbonyl (C=O) groups is 2. The highest BCUT2D eigenvalue weighted by atomic mass is 19.1. The molecule has 210 valence electrons. The third-order valence-corrected chi connectivity index (χ3v) is 6.62. The Labute approximate surface area is 228 Å². The van der Waals surface area contributed by atoms with E-state index in [4.69, 9.17) is 4.74 Å². The van der Waals surface area contributed by atoms with Crippen molar-refractivity contribution in [3.63, 3.8) is 0 Å². The number of carbonyl (C=O) groups excluding carboxylic acids is 2. The second-order valence-corrected chi connectivity index (χ2v) is 10.2. The molecule has 4 heterocycles. The fourth-order valence-electron chi connectivity index (χ4n) is 4.58. The van der Waals surface area contributed by atoms with Gasteiger partial charge in [0.05, 0.1) is 48.5 Å². The first-order valence-electron chi connectivity index (χ1n) is 12.8. The third kappa shape index (κ3) is 5.49. The van der Waals surface area contributed by atoms with Crippen LogP contribution in [0.5, 0.6) is 5.75 Å². The Morgan fingerprint density at radius 1 is 1.10 bits per heavy atom. The first-order chi connectivity index (χ1) is 19.1. The maximum Gasteiger partial charge on any atom is 0.341 e. The number of ether oxygens (including phenoxy) is 1. The minimum absolute atomic E-state index is 0.0795. The molecule has 1 aromatic carbocycles. The van der Waals surface area contributed by atoms with Crippen LogP contribution < -0.4 is 10.1 Å². The average Bonchev–Trinajstić information content (AvgIpc) is 3.52. The standard InChI is InChI=1S/C27H28F3N7O3/c1-15(2)10-32-26(38)20-11-34-35(3)25(20)22-9-24(21(30)12-31-22)40-19-13-36(14-19)27(39)37-23(4-5-33-37)16-6-17(28)8-18(29)7-16/h5-9,11-12,15,19,23H,4,10,13-14H2,1-3H3,(H,32,38)/t23-/m0/s1. The number of hydrogen-bond donors (Lipinski definition) is 1. The molecule has 2 aliphatic heterocycles. The molecule has 3 amide bonds. The molecule has 0 unspecified atom stereocenters. The number of nitrogens with one attached hydrogen (secondary N) is 1. The smallest absolute Gasteiger partial charge is 0.341 e. The molecule has 0 spiro atoms. The van der Waals surface area contributed by atoms with Crippen LogP contribution in [0.1, 0.15) is 42.2 Å². The Hall–Kier alpha value is -4.42. The van der Waals surface area contributed by atoms with Crippen LogP contribution in [0, 0.1) is 23.4 Å². The van der Waals surface area contributed by atoms with Crippen LogP contribution in [0.2, 0.25) is 0 Å². The lowest BCUT2D eigenvalue weighted by Crippen LogP contribution is -2.58. The predicted molar refractivity (Wildman–Crippen MR) is 139 cm³/mol. The number of halogens is 3. The minimum Gasteiger partial charge on any atom is -0.483 e. The highest BCUT2D eigenvalue weighted by Gasteiger charge is 2.39. The van der Waals surface area contributed by atoms with E-state index in [1.807, 2.05) is 13.8 Å². The van der Waals surface area contributed by atoms with Gasteiger partial charge in [0, 0.05) is 38.4 Å². The summed E-state index contributed by atoms with van der Waals surface area (Å²) >= 11 is 0. The van der Waals surface area contributed by atoms with Crippen molar-refractivity contribution in [1.82, 2.24) is 30.0 Å². The first kappa shape index (κ1) is 27.2. The van der Waals surface area contributed by atoms with Crippen LogP contribution in [0.3, 0.4) is 0 Å². The number of urea groups is 1. The van der Waals surface area contributed by atoms with E-state index in [0.29, 0.717) is 35.5 Å². The number of hydrogen-bond acceptors (Lipinski definition) is 6. The van der Waals surface area contributed by atoms with Gasteiger partial charge in [-0.2, -0.15) is 10.2 Å². The molecule has 1 atom stereocenters. The van der Waals surface area contributed by atoms with Gasteiger partial charge in [0.15, 0.2) is 11.6 Å². The van der Waals surface area contributed by atoms with Gasteiger partial charge < -0.3 is 15.0 Å². The van der Waals surface area contributed by atoms with Crippen LogP contribution >= 0.6 is 0 Å². The maximum atomic E-state index is 14.6. The molecule has 13 heteroatoms. The van der Waals surface area contributed by atoms with Gasteiger partial charge in [0.1, 0.15) is 17.7 Å². The number of likely N-dealkylation sites (tertiary alicyclic amines) is 1. The normalized spacial score (nSPS) is 16.9. The van der Waals surface area contributed by atoms with Crippen LogP contribution in [0.25, 0.3) is 11.4 Å². The minimum atomic E-state index is -0.736. The molecule has 0 aliphatic carbocycles. The summed E-state index contributed by atoms with van der Waals surface area (Å²) in [6.07, 6.45) is 3.77. The van der Waals surface area contributed by atoms with Gasteiger partial charge in [-0.25, -0.2) is 23.0 Å². The van der Waals surface area contributed by atoms with Crippen molar-refractivity contribution in [3.05, 3.63) is 65.2 Å². The molecule has 10 nitrogen and oxygen atoms in total. The number of aryl methyl sites for hydroxylation is 1. The lowest BCUT2D eigenvalue weighted by molar-refractivity contribution is 0.0256. The van der Waals surface area contributed by atoms with Gasteiger partial charge in [-0.1, -0.05) is 13.8 Å². The molecule has 0 saturated carbocycles. The van der Waals surface area contributed by atoms with Gasteiger partial charge in [-0.15, -0.1) is 0 Å². The van der Waals surface area contributed by atoms with Crippen LogP contribution in [0.15, 0.2) is 41.8 Å². The van der Waals surface area contributed by atoms with Gasteiger partial charge in [0.25, 0.3) is 5.91 Å². The second kappa shape index (κ2) is 11.0. The molecule has 2 aromatic heterocycles. The molecule has 0 radical (unpaired) electrons. The summed E-state index contributed by atoms with van der Waals surface area (Å²) < 4.78 is 49.4. The van der Waals surface area contributed by atoms with Gasteiger partial charge in [-0.3, -0.25) is 14.5 Å². The topological polar surface area (TPSA) is 105 Å². The summed E-state index contributed by atoms with van der Waals surface area (Å²) in [5, 5.41) is 12.3. The number of aromatic nitrogens is 3. The van der Waals surface area contributed by atoms with Crippen molar-refractivity contribution in [2.45, 2.75) is 32.4 Å². The Balaban J connectivity index is 1.25. The summed E-state index contributed by atoms with van der Waals surface area (Å²) in [5.41, 5.74) is 1.31. The van der Waals surface area contributed by atoms with Crippen molar-refractivity contribution in [3.8, 4) is 17.1 Å². The lowest BCUT2D eigenvalue weighted by atomic mass is 10.0. The second-order valence-electron chi connectivity index (χ2n) is 10.2. The predicted octanol–water partition coefficient (Wildman–Crippen LogP) is 3.90. The van der Waals surface area contributed by atoms with E-state index in [-0.39, 0.29) is 30.7 Å². The zero-order valence-corrected chi connectivity index (χ0v) is 22.1. The first-order valence-corrected chi connectivity index (χ1v) is 12.8. The Kier molecular flexibility index (Phi) is 7.46. The van der Waals surface area contributed by atoms with Crippen molar-refractivity contribution in [2.24, 2.45) is 18.1 Å². The van der Waals surface area contributed by atoms with E-state index >= 15 is 0 Å². The number of benzene rings is 1. The summed E-state index contributed by atoms with van der Waals surface area (Å²) in [5.74, 6) is -2.31. The lowest BCUT2D eigenvalue weighted by Gasteiger charge is -2.41. The van der Waals surface area contributed by atoms with E-state index in [9.17, 15) is 22.8 Å². The fourth-order valence-corrected chi connectivity index (χ4v) is 4.58. The zero-order chi connectivity index (χ0) is 28.6. The van der Waals surface area contributed by atoms with Crippen molar-refractivity contribution in [2.75, 3.05) is 19.6 Å². The maximum absolute atomic E-state index is 14.6. The van der Waals surface area contributed by atoms with E-state index < -0.39 is 35.6 Å². The highest BCUT2D eigenvalue weighted by molar-refractivity contribution is 5.99. The number of rotatable bonds is 7. The molecule has 40 heavy (non-hydrogen) atoms. The summed E-state index contributed by atoms with van der Waals surface area (Å²) in [6.45, 7) is 4.75. The fraction of sp³-hybridized carbons (Fsp3) is 0.370. The van der Waals surface area contributed by atoms with Gasteiger partial charge in [-0.05, 0) is 23.6 Å². The number of hydrazone groups is 1. The Morgan fingerprint density at radius 2 is 1.82 bits per heavy atom. The van der Waals surface area contributed by atoms with Crippen molar-refractivity contribution < 1.29 is 27.5 Å². The van der Waals surface area contributed by atoms with Crippen LogP contribution in [-0.4, -0.2) is 68.6 Å². The number of nitrogens with zero attached hydrogens (tertiary/aromatic N) is 6. The Bertz CT molecular complexity index is 1450. The van der Waals surface area contributed by atoms with E-state index in [0.717, 1.165) is 12.3 Å². The molecule has 1 saturated heterocycles. The number of amides is 3. The molecule has 1 N–H and O–H groups in total. The Morgan fingerprint density at radius 3 is 2.52 bits per heavy atom. The van der Waals surface area contributed by atoms with Crippen LogP contribution in [-0.2, 0) is 7.05 Å². The SMILES string of the molecule is CC(C)CNC(=O)c1cnn(C)c1-c1cc(OC2CN(C(=O)N3N=CC[C@H]3c3cc(F)cc(F)c3)C2)c(F)cn1. The molecule has 5 rings (SSSR count). The third-order valence-electron chi connectivity index (χ3n) is 6.62. The highest BCUT2D eigenvalue weighted by Crippen LogP contribution is 2.32. The van der Waals surface area contributed by atoms with Gasteiger partial charge in [0.2, 0.25) is 0 Å². The monoisotopic (exact) mass is 555 g/mol. The number of pyridine rings is 1. The van der Waals surface area contributed by atoms with E-state index in [1.54, 1.807) is 7.05 Å². The van der Waals surface area contributed by atoms with Crippen LogP contribution in [0.4, 0.5) is 18.0 Å². The molecule has 1 fully saturated rings. The average molecular weight is 556 g/mol. The summed E-state index contributed by atoms with van der Waals surface area (Å²) in [4.78, 5) is 31.4. The molecule has 3 aromatic rings. The molecular formula is C27H28F3N7O3. The molecule has 0 bridgehead atoms. The quantitative estimate of drug-likeness (QED) is 0.476. The van der Waals surface area contributed by atoms with E-state index in [2.05, 4.69) is 20.5 Å². The van der Waals surface area contributed by atoms with Gasteiger partial charge >= 0.3 is 6.03 Å². The molecule has 2 aliphatic rings. The van der Waals surface area contributed by atoms with Crippen molar-refractivity contribution >= 4 is 18.2 Å². The summed E-state index contributed by atoms with van der Waals surface area (Å²) in [7, 11) is 1.65. The largest absolute Gasteiger partial charge is 0.483 e. The summed E-state index contributed by atoms with van der Waals surface area (Å²) in [6, 6.07) is 3.43. The molecular weight excluding hydrogens is 527 g/mol. The zero-order valence-electron chi connectivity index (χ0n) is 22.1.